The second kappa shape index (κ2) is 10.6. The van der Waals surface area contributed by atoms with Crippen molar-refractivity contribution < 1.29 is 0 Å². The normalized spacial score (nSPS) is 17.5. The van der Waals surface area contributed by atoms with E-state index >= 15 is 0 Å². The maximum atomic E-state index is 4.80. The average Bonchev–Trinajstić information content (AvgIpc) is 2.36. The Kier molecular flexibility index (Phi) is 10.6. The number of hydrogen-bond acceptors (Lipinski definition) is 2. The van der Waals surface area contributed by atoms with E-state index in [-0.39, 0.29) is 29.4 Å². The summed E-state index contributed by atoms with van der Waals surface area (Å²) in [7, 11) is 4.24. The highest BCUT2D eigenvalue weighted by Crippen LogP contribution is 2.18. The molecular weight excluding hydrogens is 375 g/mol. The first-order valence-corrected chi connectivity index (χ1v) is 8.12. The molecule has 1 aliphatic carbocycles. The summed E-state index contributed by atoms with van der Waals surface area (Å²) in [4.78, 5) is 7.03. The highest BCUT2D eigenvalue weighted by Gasteiger charge is 2.19. The molecule has 5 heteroatoms. The van der Waals surface area contributed by atoms with E-state index in [1.165, 1.54) is 32.1 Å². The molecule has 0 bridgehead atoms. The van der Waals surface area contributed by atoms with E-state index in [9.17, 15) is 0 Å². The molecule has 1 fully saturated rings. The molecule has 0 radical (unpaired) electrons. The van der Waals surface area contributed by atoms with E-state index < -0.39 is 0 Å². The Hall–Kier alpha value is -0.0400. The van der Waals surface area contributed by atoms with Crippen molar-refractivity contribution in [3.05, 3.63) is 0 Å². The highest BCUT2D eigenvalue weighted by atomic mass is 127. The number of guanidine groups is 1. The van der Waals surface area contributed by atoms with Gasteiger partial charge < -0.3 is 15.5 Å². The van der Waals surface area contributed by atoms with Crippen LogP contribution < -0.4 is 10.6 Å². The van der Waals surface area contributed by atoms with Crippen LogP contribution in [0.15, 0.2) is 4.99 Å². The van der Waals surface area contributed by atoms with Crippen molar-refractivity contribution >= 4 is 29.9 Å². The Bertz CT molecular complexity index is 297. The van der Waals surface area contributed by atoms with Crippen LogP contribution in [-0.4, -0.2) is 50.6 Å². The number of rotatable bonds is 6. The van der Waals surface area contributed by atoms with Crippen molar-refractivity contribution in [3.8, 4) is 0 Å². The van der Waals surface area contributed by atoms with E-state index in [2.05, 4.69) is 50.4 Å². The lowest BCUT2D eigenvalue weighted by atomic mass is 9.93. The van der Waals surface area contributed by atoms with Crippen LogP contribution in [0.2, 0.25) is 0 Å². The first-order chi connectivity index (χ1) is 9.43. The highest BCUT2D eigenvalue weighted by molar-refractivity contribution is 14.0. The topological polar surface area (TPSA) is 39.7 Å². The van der Waals surface area contributed by atoms with Gasteiger partial charge in [0.2, 0.25) is 0 Å². The molecule has 126 valence electrons. The first-order valence-electron chi connectivity index (χ1n) is 8.12. The Morgan fingerprint density at radius 2 is 1.81 bits per heavy atom. The van der Waals surface area contributed by atoms with Crippen LogP contribution in [0.4, 0.5) is 0 Å². The monoisotopic (exact) mass is 410 g/mol. The number of aliphatic imine (C=N–C) groups is 1. The average molecular weight is 410 g/mol. The van der Waals surface area contributed by atoms with Crippen LogP contribution in [0.3, 0.4) is 0 Å². The molecule has 0 aromatic carbocycles. The van der Waals surface area contributed by atoms with Crippen LogP contribution in [0, 0.1) is 5.41 Å². The fraction of sp³-hybridized carbons (Fsp3) is 0.938. The molecule has 0 unspecified atom stereocenters. The number of halogens is 1. The van der Waals surface area contributed by atoms with Crippen molar-refractivity contribution in [2.24, 2.45) is 10.4 Å². The molecule has 0 aromatic heterocycles. The predicted octanol–water partition coefficient (Wildman–Crippen LogP) is 3.08. The summed E-state index contributed by atoms with van der Waals surface area (Å²) in [6.45, 7) is 9.52. The molecule has 0 aliphatic heterocycles. The molecule has 0 heterocycles. The van der Waals surface area contributed by atoms with Crippen molar-refractivity contribution in [1.82, 2.24) is 15.5 Å². The largest absolute Gasteiger partial charge is 0.357 e. The van der Waals surface area contributed by atoms with E-state index in [1.807, 2.05) is 0 Å². The fourth-order valence-electron chi connectivity index (χ4n) is 2.96. The quantitative estimate of drug-likeness (QED) is 0.402. The third-order valence-electron chi connectivity index (χ3n) is 3.70. The minimum atomic E-state index is 0. The summed E-state index contributed by atoms with van der Waals surface area (Å²) < 4.78 is 0. The van der Waals surface area contributed by atoms with Crippen molar-refractivity contribution in [3.63, 3.8) is 0 Å². The van der Waals surface area contributed by atoms with Crippen LogP contribution >= 0.6 is 24.0 Å². The molecule has 21 heavy (non-hydrogen) atoms. The standard InChI is InChI=1S/C16H34N4.HI/c1-6-17-15(19-14-10-8-7-9-11-14)18-12-16(2,3)13-20(4)5;/h14H,6-13H2,1-5H3,(H2,17,18,19);1H. The van der Waals surface area contributed by atoms with Gasteiger partial charge in [-0.1, -0.05) is 33.1 Å². The van der Waals surface area contributed by atoms with Crippen LogP contribution in [-0.2, 0) is 0 Å². The minimum Gasteiger partial charge on any atom is -0.357 e. The minimum absolute atomic E-state index is 0. The van der Waals surface area contributed by atoms with Gasteiger partial charge in [0.1, 0.15) is 0 Å². The molecule has 1 aliphatic rings. The Morgan fingerprint density at radius 3 is 2.33 bits per heavy atom. The lowest BCUT2D eigenvalue weighted by Crippen LogP contribution is -2.45. The maximum Gasteiger partial charge on any atom is 0.191 e. The predicted molar refractivity (Wildman–Crippen MR) is 104 cm³/mol. The third-order valence-corrected chi connectivity index (χ3v) is 3.70. The molecule has 1 rings (SSSR count). The molecule has 0 aromatic rings. The zero-order chi connectivity index (χ0) is 15.0. The summed E-state index contributed by atoms with van der Waals surface area (Å²) in [6.07, 6.45) is 6.66. The van der Waals surface area contributed by atoms with Crippen LogP contribution in [0.5, 0.6) is 0 Å². The summed E-state index contributed by atoms with van der Waals surface area (Å²) in [5.41, 5.74) is 0.207. The molecule has 0 amide bonds. The van der Waals surface area contributed by atoms with Gasteiger partial charge in [0.05, 0.1) is 0 Å². The SMILES string of the molecule is CCNC(=NCC(C)(C)CN(C)C)NC1CCCCC1.I. The zero-order valence-electron chi connectivity index (χ0n) is 14.5. The van der Waals surface area contributed by atoms with Gasteiger partial charge >= 0.3 is 0 Å². The molecule has 2 N–H and O–H groups in total. The van der Waals surface area contributed by atoms with Gasteiger partial charge in [-0.3, -0.25) is 4.99 Å². The molecular formula is C16H35IN4. The van der Waals surface area contributed by atoms with E-state index in [0.29, 0.717) is 6.04 Å². The molecule has 0 atom stereocenters. The van der Waals surface area contributed by atoms with Crippen molar-refractivity contribution in [2.45, 2.75) is 58.9 Å². The van der Waals surface area contributed by atoms with Gasteiger partial charge in [-0.05, 0) is 39.3 Å². The number of hydrogen-bond donors (Lipinski definition) is 2. The van der Waals surface area contributed by atoms with Crippen molar-refractivity contribution in [1.29, 1.82) is 0 Å². The van der Waals surface area contributed by atoms with Gasteiger partial charge in [0.15, 0.2) is 5.96 Å². The van der Waals surface area contributed by atoms with Crippen LogP contribution in [0.1, 0.15) is 52.9 Å². The molecule has 4 nitrogen and oxygen atoms in total. The Balaban J connectivity index is 0.00000400. The summed E-state index contributed by atoms with van der Waals surface area (Å²) in [5.74, 6) is 0.992. The summed E-state index contributed by atoms with van der Waals surface area (Å²) in [5, 5.41) is 6.99. The summed E-state index contributed by atoms with van der Waals surface area (Å²) in [6, 6.07) is 0.610. The Morgan fingerprint density at radius 1 is 1.19 bits per heavy atom. The van der Waals surface area contributed by atoms with Gasteiger partial charge in [0, 0.05) is 25.7 Å². The third kappa shape index (κ3) is 9.55. The molecule has 1 saturated carbocycles. The summed E-state index contributed by atoms with van der Waals surface area (Å²) >= 11 is 0. The van der Waals surface area contributed by atoms with E-state index in [4.69, 9.17) is 4.99 Å². The molecule has 0 spiro atoms. The maximum absolute atomic E-state index is 4.80. The Labute approximate surface area is 148 Å². The lowest BCUT2D eigenvalue weighted by molar-refractivity contribution is 0.248. The van der Waals surface area contributed by atoms with Gasteiger partial charge in [-0.15, -0.1) is 24.0 Å². The van der Waals surface area contributed by atoms with E-state index in [1.54, 1.807) is 0 Å². The lowest BCUT2D eigenvalue weighted by Gasteiger charge is -2.28. The fourth-order valence-corrected chi connectivity index (χ4v) is 2.96. The number of nitrogens with one attached hydrogen (secondary N) is 2. The van der Waals surface area contributed by atoms with Crippen molar-refractivity contribution in [2.75, 3.05) is 33.7 Å². The molecule has 0 saturated heterocycles. The second-order valence-electron chi connectivity index (χ2n) is 7.08. The zero-order valence-corrected chi connectivity index (χ0v) is 16.9. The van der Waals surface area contributed by atoms with Gasteiger partial charge in [0.25, 0.3) is 0 Å². The second-order valence-corrected chi connectivity index (χ2v) is 7.08. The van der Waals surface area contributed by atoms with Gasteiger partial charge in [-0.25, -0.2) is 0 Å². The smallest absolute Gasteiger partial charge is 0.191 e. The number of nitrogens with zero attached hydrogens (tertiary/aromatic N) is 2. The van der Waals surface area contributed by atoms with E-state index in [0.717, 1.165) is 25.6 Å². The van der Waals surface area contributed by atoms with Gasteiger partial charge in [-0.2, -0.15) is 0 Å². The van der Waals surface area contributed by atoms with Crippen LogP contribution in [0.25, 0.3) is 0 Å². The first kappa shape index (κ1) is 21.0.